The summed E-state index contributed by atoms with van der Waals surface area (Å²) in [5.74, 6) is 5.12. The lowest BCUT2D eigenvalue weighted by Crippen LogP contribution is -2.03. The lowest BCUT2D eigenvalue weighted by molar-refractivity contribution is 0.259. The van der Waals surface area contributed by atoms with Crippen molar-refractivity contribution in [3.05, 3.63) is 72.8 Å². The number of unbranched alkanes of at least 4 members (excludes halogenated alkanes) is 30. The molecule has 0 unspecified atom stereocenters. The van der Waals surface area contributed by atoms with Crippen molar-refractivity contribution in [2.45, 2.75) is 273 Å². The highest BCUT2D eigenvalue weighted by Crippen LogP contribution is 2.45. The average molecular weight is 1150 g/mol. The predicted octanol–water partition coefficient (Wildman–Crippen LogP) is 25.0. The number of hydrogen-bond acceptors (Lipinski definition) is 6. The van der Waals surface area contributed by atoms with Crippen molar-refractivity contribution >= 4 is 64.6 Å². The van der Waals surface area contributed by atoms with Crippen molar-refractivity contribution in [2.75, 3.05) is 39.6 Å². The fourth-order valence-electron chi connectivity index (χ4n) is 12.3. The van der Waals surface area contributed by atoms with Gasteiger partial charge in [0.15, 0.2) is 34.5 Å². The normalized spacial score (nSPS) is 11.8. The van der Waals surface area contributed by atoms with Gasteiger partial charge in [0.25, 0.3) is 0 Å². The maximum atomic E-state index is 6.74. The van der Waals surface area contributed by atoms with Gasteiger partial charge in [0.05, 0.1) is 39.6 Å². The first kappa shape index (κ1) is 66.4. The van der Waals surface area contributed by atoms with E-state index in [1.54, 1.807) is 0 Å². The highest BCUT2D eigenvalue weighted by Gasteiger charge is 2.19. The van der Waals surface area contributed by atoms with Crippen LogP contribution in [0, 0.1) is 0 Å². The fourth-order valence-corrected chi connectivity index (χ4v) is 12.3. The number of ether oxygens (including phenoxy) is 6. The Morgan fingerprint density at radius 1 is 0.167 bits per heavy atom. The van der Waals surface area contributed by atoms with Gasteiger partial charge in [-0.15, -0.1) is 0 Å². The number of fused-ring (bicyclic) bond motifs is 9. The van der Waals surface area contributed by atoms with Crippen molar-refractivity contribution in [3.63, 3.8) is 0 Å². The highest BCUT2D eigenvalue weighted by molar-refractivity contribution is 6.30. The molecule has 462 valence electrons. The van der Waals surface area contributed by atoms with Gasteiger partial charge in [0.2, 0.25) is 0 Å². The Morgan fingerprint density at radius 2 is 0.298 bits per heavy atom. The van der Waals surface area contributed by atoms with Gasteiger partial charge in [-0.05, 0) is 176 Å². The molecular weight excluding hydrogens is 1030 g/mol. The van der Waals surface area contributed by atoms with E-state index in [9.17, 15) is 0 Å². The van der Waals surface area contributed by atoms with Crippen molar-refractivity contribution in [1.82, 2.24) is 0 Å². The maximum Gasteiger partial charge on any atom is 0.161 e. The van der Waals surface area contributed by atoms with E-state index in [2.05, 4.69) is 114 Å². The van der Waals surface area contributed by atoms with Crippen LogP contribution in [0.15, 0.2) is 72.8 Å². The molecule has 7 rings (SSSR count). The van der Waals surface area contributed by atoms with Crippen LogP contribution in [0.5, 0.6) is 34.5 Å². The largest absolute Gasteiger partial charge is 0.490 e. The smallest absolute Gasteiger partial charge is 0.161 e. The second kappa shape index (κ2) is 38.8. The Kier molecular flexibility index (Phi) is 30.7. The minimum absolute atomic E-state index is 0.690. The Labute approximate surface area is 510 Å². The molecule has 0 amide bonds. The maximum absolute atomic E-state index is 6.74. The van der Waals surface area contributed by atoms with Gasteiger partial charge >= 0.3 is 0 Å². The quantitative estimate of drug-likeness (QED) is 0.0215. The van der Waals surface area contributed by atoms with Crippen LogP contribution < -0.4 is 28.4 Å². The summed E-state index contributed by atoms with van der Waals surface area (Å²) >= 11 is 0. The van der Waals surface area contributed by atoms with E-state index in [-0.39, 0.29) is 0 Å². The van der Waals surface area contributed by atoms with E-state index in [0.717, 1.165) is 105 Å². The number of hydrogen-bond donors (Lipinski definition) is 0. The van der Waals surface area contributed by atoms with Crippen molar-refractivity contribution < 1.29 is 28.4 Å². The Bertz CT molecular complexity index is 2430. The average Bonchev–Trinajstić information content (AvgIpc) is 0.830. The molecular formula is C78H114O6. The summed E-state index contributed by atoms with van der Waals surface area (Å²) in [5.41, 5.74) is 0. The first-order valence-corrected chi connectivity index (χ1v) is 35.1. The highest BCUT2D eigenvalue weighted by atomic mass is 16.5. The number of rotatable bonds is 48. The molecule has 0 aliphatic carbocycles. The van der Waals surface area contributed by atoms with E-state index in [0.29, 0.717) is 39.6 Å². The van der Waals surface area contributed by atoms with Crippen molar-refractivity contribution in [3.8, 4) is 34.5 Å². The summed E-state index contributed by atoms with van der Waals surface area (Å²) < 4.78 is 40.4. The molecule has 0 atom stereocenters. The van der Waals surface area contributed by atoms with Gasteiger partial charge in [-0.3, -0.25) is 0 Å². The molecule has 0 radical (unpaired) electrons. The minimum atomic E-state index is 0.690. The van der Waals surface area contributed by atoms with E-state index in [1.807, 2.05) is 0 Å². The third kappa shape index (κ3) is 21.1. The summed E-state index contributed by atoms with van der Waals surface area (Å²) in [6.45, 7) is 17.8. The molecule has 0 heterocycles. The van der Waals surface area contributed by atoms with Crippen LogP contribution in [0.4, 0.5) is 0 Å². The van der Waals surface area contributed by atoms with Gasteiger partial charge in [0, 0.05) is 0 Å². The number of benzene rings is 7. The fraction of sp³-hybridized carbons (Fsp3) is 0.615. The van der Waals surface area contributed by atoms with Crippen molar-refractivity contribution in [2.24, 2.45) is 0 Å². The van der Waals surface area contributed by atoms with Gasteiger partial charge in [0.1, 0.15) is 0 Å². The van der Waals surface area contributed by atoms with Crippen LogP contribution >= 0.6 is 0 Å². The SMILES string of the molecule is CCCCCCCCOc1cc2cc3c4cc5cc(OCCCCCCCC)c(OCCCCCCCC)cc5cc4c4cc5cc(OCCCCCCCC)c(OCCCCCCCC)cc5cc4c3cc2cc1OCCCCCCCC. The van der Waals surface area contributed by atoms with Crippen LogP contribution in [-0.2, 0) is 0 Å². The molecule has 0 aliphatic heterocycles. The zero-order valence-corrected chi connectivity index (χ0v) is 54.1. The van der Waals surface area contributed by atoms with Crippen LogP contribution in [0.25, 0.3) is 64.6 Å². The third-order valence-electron chi connectivity index (χ3n) is 17.5. The Balaban J connectivity index is 1.36. The molecule has 84 heavy (non-hydrogen) atoms. The lowest BCUT2D eigenvalue weighted by Gasteiger charge is -2.18. The lowest BCUT2D eigenvalue weighted by atomic mass is 9.89. The van der Waals surface area contributed by atoms with Gasteiger partial charge < -0.3 is 28.4 Å². The molecule has 0 saturated carbocycles. The molecule has 0 spiro atoms. The molecule has 7 aromatic rings. The molecule has 0 aromatic heterocycles. The van der Waals surface area contributed by atoms with Crippen LogP contribution in [0.3, 0.4) is 0 Å². The minimum Gasteiger partial charge on any atom is -0.490 e. The van der Waals surface area contributed by atoms with E-state index in [4.69, 9.17) is 28.4 Å². The zero-order chi connectivity index (χ0) is 58.8. The molecule has 0 N–H and O–H groups in total. The second-order valence-corrected chi connectivity index (χ2v) is 24.8. The monoisotopic (exact) mass is 1150 g/mol. The molecule has 0 fully saturated rings. The van der Waals surface area contributed by atoms with Crippen LogP contribution in [-0.4, -0.2) is 39.6 Å². The van der Waals surface area contributed by atoms with E-state index < -0.39 is 0 Å². The van der Waals surface area contributed by atoms with Gasteiger partial charge in [-0.2, -0.15) is 0 Å². The molecule has 0 saturated heterocycles. The Morgan fingerprint density at radius 3 is 0.440 bits per heavy atom. The molecule has 6 heteroatoms. The molecule has 7 aromatic carbocycles. The Hall–Kier alpha value is -5.10. The predicted molar refractivity (Wildman–Crippen MR) is 365 cm³/mol. The van der Waals surface area contributed by atoms with Crippen LogP contribution in [0.2, 0.25) is 0 Å². The van der Waals surface area contributed by atoms with Gasteiger partial charge in [-0.25, -0.2) is 0 Å². The molecule has 0 bridgehead atoms. The standard InChI is InChI=1S/C78H114O6/c1-7-13-19-25-31-37-43-79-73-55-61-49-67-68(50-62(61)56-74(73)80-44-38-32-26-20-14-8-2)70-52-64-58-76(82-46-40-34-28-22-16-10-4)78(84-48-42-36-30-24-18-12-6)60-66(64)54-72(70)71-53-65-59-77(83-47-41-35-29-23-17-11-5)75(57-63(65)51-69(67)71)81-45-39-33-27-21-15-9-3/h49-60H,7-48H2,1-6H3. The third-order valence-corrected chi connectivity index (χ3v) is 17.5. The first-order valence-electron chi connectivity index (χ1n) is 35.1. The van der Waals surface area contributed by atoms with E-state index >= 15 is 0 Å². The van der Waals surface area contributed by atoms with E-state index in [1.165, 1.54) is 225 Å². The first-order chi connectivity index (χ1) is 41.5. The topological polar surface area (TPSA) is 55.4 Å². The summed E-state index contributed by atoms with van der Waals surface area (Å²) in [6.07, 6.45) is 44.1. The molecule has 0 aliphatic rings. The van der Waals surface area contributed by atoms with Crippen LogP contribution in [0.1, 0.15) is 273 Å². The van der Waals surface area contributed by atoms with Gasteiger partial charge in [-0.1, -0.05) is 234 Å². The summed E-state index contributed by atoms with van der Waals surface area (Å²) in [4.78, 5) is 0. The summed E-state index contributed by atoms with van der Waals surface area (Å²) in [7, 11) is 0. The molecule has 6 nitrogen and oxygen atoms in total. The van der Waals surface area contributed by atoms with Crippen molar-refractivity contribution in [1.29, 1.82) is 0 Å². The summed E-state index contributed by atoms with van der Waals surface area (Å²) in [5, 5.41) is 14.3. The summed E-state index contributed by atoms with van der Waals surface area (Å²) in [6, 6.07) is 28.2. The second-order valence-electron chi connectivity index (χ2n) is 24.8. The zero-order valence-electron chi connectivity index (χ0n) is 54.1.